The molecule has 1 N–H and O–H groups in total. The molecule has 0 fully saturated rings. The van der Waals surface area contributed by atoms with Gasteiger partial charge in [-0.25, -0.2) is 0 Å². The predicted octanol–water partition coefficient (Wildman–Crippen LogP) is 3.37. The lowest BCUT2D eigenvalue weighted by Crippen LogP contribution is -2.25. The van der Waals surface area contributed by atoms with E-state index in [1.807, 2.05) is 25.1 Å². The summed E-state index contributed by atoms with van der Waals surface area (Å²) in [6, 6.07) is 10.6. The lowest BCUT2D eigenvalue weighted by Gasteiger charge is -2.16. The van der Waals surface area contributed by atoms with Crippen molar-refractivity contribution in [2.75, 3.05) is 24.4 Å². The molecule has 148 valence electrons. The van der Waals surface area contributed by atoms with Gasteiger partial charge < -0.3 is 19.7 Å². The third-order valence-electron chi connectivity index (χ3n) is 4.70. The number of anilines is 2. The van der Waals surface area contributed by atoms with Crippen molar-refractivity contribution < 1.29 is 19.1 Å². The normalized spacial score (nSPS) is 12.6. The lowest BCUT2D eigenvalue weighted by molar-refractivity contribution is 0.0989. The molecule has 2 aromatic carbocycles. The molecule has 4 rings (SSSR count). The number of aromatic nitrogens is 2. The summed E-state index contributed by atoms with van der Waals surface area (Å²) in [5.41, 5.74) is 2.84. The van der Waals surface area contributed by atoms with Gasteiger partial charge in [0.05, 0.1) is 18.4 Å². The van der Waals surface area contributed by atoms with Crippen molar-refractivity contribution >= 4 is 23.2 Å². The zero-order valence-corrected chi connectivity index (χ0v) is 16.5. The zero-order valence-electron chi connectivity index (χ0n) is 16.5. The van der Waals surface area contributed by atoms with Crippen LogP contribution >= 0.6 is 0 Å². The van der Waals surface area contributed by atoms with E-state index < -0.39 is 0 Å². The number of aryl methyl sites for hydroxylation is 2. The highest BCUT2D eigenvalue weighted by molar-refractivity contribution is 6.11. The minimum atomic E-state index is -0.385. The fourth-order valence-electron chi connectivity index (χ4n) is 3.22. The quantitative estimate of drug-likeness (QED) is 0.739. The summed E-state index contributed by atoms with van der Waals surface area (Å²) in [7, 11) is 4.85. The second kappa shape index (κ2) is 6.97. The number of rotatable bonds is 3. The molecule has 0 spiro atoms. The van der Waals surface area contributed by atoms with Gasteiger partial charge in [0, 0.05) is 26.0 Å². The Balaban J connectivity index is 1.67. The number of nitrogens with one attached hydrogen (secondary N) is 1. The average Bonchev–Trinajstić information content (AvgIpc) is 3.06. The third-order valence-corrected chi connectivity index (χ3v) is 4.70. The minimum absolute atomic E-state index is 0.223. The van der Waals surface area contributed by atoms with Crippen LogP contribution in [0.2, 0.25) is 0 Å². The van der Waals surface area contributed by atoms with Crippen molar-refractivity contribution in [3.63, 3.8) is 0 Å². The number of benzene rings is 2. The molecule has 0 aliphatic carbocycles. The van der Waals surface area contributed by atoms with Gasteiger partial charge in [0.2, 0.25) is 5.88 Å². The largest absolute Gasteiger partial charge is 0.479 e. The lowest BCUT2D eigenvalue weighted by atomic mass is 10.1. The van der Waals surface area contributed by atoms with Gasteiger partial charge in [0.1, 0.15) is 11.3 Å². The van der Waals surface area contributed by atoms with E-state index in [9.17, 15) is 9.59 Å². The molecular weight excluding hydrogens is 372 g/mol. The minimum Gasteiger partial charge on any atom is -0.479 e. The first-order valence-corrected chi connectivity index (χ1v) is 8.97. The molecule has 2 heterocycles. The summed E-state index contributed by atoms with van der Waals surface area (Å²) in [6.07, 6.45) is 1.57. The molecule has 3 aromatic rings. The molecular formula is C21H20N4O4. The van der Waals surface area contributed by atoms with Crippen LogP contribution in [0.15, 0.2) is 42.6 Å². The molecule has 29 heavy (non-hydrogen) atoms. The van der Waals surface area contributed by atoms with E-state index in [2.05, 4.69) is 10.4 Å². The fourth-order valence-corrected chi connectivity index (χ4v) is 3.22. The Morgan fingerprint density at radius 1 is 1.14 bits per heavy atom. The first-order valence-electron chi connectivity index (χ1n) is 8.97. The van der Waals surface area contributed by atoms with Crippen LogP contribution in [0.1, 0.15) is 26.3 Å². The molecule has 1 aliphatic heterocycles. The van der Waals surface area contributed by atoms with Crippen LogP contribution in [0.3, 0.4) is 0 Å². The fraction of sp³-hybridized carbons (Fsp3) is 0.190. The highest BCUT2D eigenvalue weighted by Gasteiger charge is 2.26. The van der Waals surface area contributed by atoms with Crippen molar-refractivity contribution in [2.45, 2.75) is 6.92 Å². The molecule has 2 amide bonds. The summed E-state index contributed by atoms with van der Waals surface area (Å²) in [4.78, 5) is 27.2. The molecule has 0 bridgehead atoms. The molecule has 1 aliphatic rings. The van der Waals surface area contributed by atoms with Crippen LogP contribution in [0.25, 0.3) is 0 Å². The Kier molecular flexibility index (Phi) is 4.46. The summed E-state index contributed by atoms with van der Waals surface area (Å²) < 4.78 is 12.6. The Labute approximate surface area is 167 Å². The Bertz CT molecular complexity index is 1140. The van der Waals surface area contributed by atoms with Crippen LogP contribution in [0.4, 0.5) is 11.4 Å². The van der Waals surface area contributed by atoms with Gasteiger partial charge in [-0.15, -0.1) is 5.10 Å². The topological polar surface area (TPSA) is 85.7 Å². The number of fused-ring (bicyclic) bond motifs is 2. The number of amides is 2. The Hall–Kier alpha value is -3.81. The van der Waals surface area contributed by atoms with E-state index >= 15 is 0 Å². The number of carbonyl (C=O) groups is 2. The van der Waals surface area contributed by atoms with Crippen molar-refractivity contribution in [2.24, 2.45) is 7.05 Å². The number of ether oxygens (including phenoxy) is 2. The molecule has 0 radical (unpaired) electrons. The van der Waals surface area contributed by atoms with Gasteiger partial charge in [-0.2, -0.15) is 0 Å². The second-order valence-electron chi connectivity index (χ2n) is 6.83. The number of nitrogens with zero attached hydrogens (tertiary/aromatic N) is 3. The Morgan fingerprint density at radius 3 is 2.66 bits per heavy atom. The average molecular weight is 392 g/mol. The van der Waals surface area contributed by atoms with E-state index in [0.717, 1.165) is 5.56 Å². The van der Waals surface area contributed by atoms with Crippen molar-refractivity contribution in [1.82, 2.24) is 9.78 Å². The van der Waals surface area contributed by atoms with Crippen molar-refractivity contribution in [3.8, 4) is 17.4 Å². The molecule has 0 atom stereocenters. The first kappa shape index (κ1) is 18.5. The van der Waals surface area contributed by atoms with Crippen molar-refractivity contribution in [3.05, 3.63) is 59.3 Å². The SMILES string of the molecule is COc1nn(C)cc1C(=O)Nc1ccc2c(c1)C(=O)N(C)c1cc(C)ccc1O2. The maximum atomic E-state index is 13.0. The van der Waals surface area contributed by atoms with E-state index in [1.54, 1.807) is 43.4 Å². The number of hydrogen-bond donors (Lipinski definition) is 1. The van der Waals surface area contributed by atoms with E-state index in [4.69, 9.17) is 9.47 Å². The molecule has 0 unspecified atom stereocenters. The molecule has 0 saturated carbocycles. The van der Waals surface area contributed by atoms with Gasteiger partial charge in [-0.1, -0.05) is 6.07 Å². The van der Waals surface area contributed by atoms with E-state index in [1.165, 1.54) is 11.8 Å². The highest BCUT2D eigenvalue weighted by Crippen LogP contribution is 2.39. The van der Waals surface area contributed by atoms with Crippen LogP contribution in [-0.4, -0.2) is 35.8 Å². The van der Waals surface area contributed by atoms with Crippen LogP contribution in [-0.2, 0) is 7.05 Å². The molecule has 8 heteroatoms. The number of carbonyl (C=O) groups excluding carboxylic acids is 2. The van der Waals surface area contributed by atoms with E-state index in [0.29, 0.717) is 34.0 Å². The van der Waals surface area contributed by atoms with Gasteiger partial charge in [-0.05, 0) is 42.8 Å². The van der Waals surface area contributed by atoms with Gasteiger partial charge in [-0.3, -0.25) is 14.3 Å². The Morgan fingerprint density at radius 2 is 1.90 bits per heavy atom. The highest BCUT2D eigenvalue weighted by atomic mass is 16.5. The number of methoxy groups -OCH3 is 1. The number of hydrogen-bond acceptors (Lipinski definition) is 5. The van der Waals surface area contributed by atoms with Crippen LogP contribution in [0.5, 0.6) is 17.4 Å². The molecule has 1 aromatic heterocycles. The van der Waals surface area contributed by atoms with Gasteiger partial charge >= 0.3 is 0 Å². The van der Waals surface area contributed by atoms with E-state index in [-0.39, 0.29) is 17.7 Å². The standard InChI is InChI=1S/C21H20N4O4/c1-12-5-7-18-16(9-12)25(3)21(27)14-10-13(6-8-17(14)29-18)22-19(26)15-11-24(2)23-20(15)28-4/h5-11H,1-4H3,(H,22,26). The summed E-state index contributed by atoms with van der Waals surface area (Å²) in [5.74, 6) is 0.650. The predicted molar refractivity (Wildman–Crippen MR) is 108 cm³/mol. The van der Waals surface area contributed by atoms with Crippen molar-refractivity contribution in [1.29, 1.82) is 0 Å². The van der Waals surface area contributed by atoms with Gasteiger partial charge in [0.15, 0.2) is 5.75 Å². The maximum Gasteiger partial charge on any atom is 0.262 e. The summed E-state index contributed by atoms with van der Waals surface area (Å²) in [6.45, 7) is 1.96. The first-order chi connectivity index (χ1) is 13.9. The maximum absolute atomic E-state index is 13.0. The second-order valence-corrected chi connectivity index (χ2v) is 6.83. The zero-order chi connectivity index (χ0) is 20.7. The monoisotopic (exact) mass is 392 g/mol. The molecule has 0 saturated heterocycles. The smallest absolute Gasteiger partial charge is 0.262 e. The van der Waals surface area contributed by atoms with Gasteiger partial charge in [0.25, 0.3) is 11.8 Å². The van der Waals surface area contributed by atoms with Crippen LogP contribution < -0.4 is 19.7 Å². The van der Waals surface area contributed by atoms with Crippen LogP contribution in [0, 0.1) is 6.92 Å². The molecule has 8 nitrogen and oxygen atoms in total. The summed E-state index contributed by atoms with van der Waals surface area (Å²) >= 11 is 0. The summed E-state index contributed by atoms with van der Waals surface area (Å²) in [5, 5.41) is 6.86. The third kappa shape index (κ3) is 3.29.